The van der Waals surface area contributed by atoms with E-state index in [4.69, 9.17) is 4.74 Å². The fraction of sp³-hybridized carbons (Fsp3) is 0.261. The molecule has 3 aromatic rings. The lowest BCUT2D eigenvalue weighted by Crippen LogP contribution is -2.24. The Morgan fingerprint density at radius 1 is 1.26 bits per heavy atom. The van der Waals surface area contributed by atoms with Crippen molar-refractivity contribution in [1.29, 1.82) is 0 Å². The number of nitro benzene ring substituents is 1. The Kier molecular flexibility index (Phi) is 5.37. The smallest absolute Gasteiger partial charge is 0.320 e. The van der Waals surface area contributed by atoms with Gasteiger partial charge in [-0.3, -0.25) is 29.3 Å². The molecule has 0 saturated carbocycles. The number of nitrogens with zero attached hydrogens (tertiary/aromatic N) is 3. The summed E-state index contributed by atoms with van der Waals surface area (Å²) in [5.74, 6) is -1.76. The number of aliphatic imine (C=N–C) groups is 1. The van der Waals surface area contributed by atoms with Crippen LogP contribution in [0.15, 0.2) is 47.5 Å². The molecule has 0 saturated heterocycles. The first-order valence-corrected chi connectivity index (χ1v) is 10.0. The van der Waals surface area contributed by atoms with E-state index in [-0.39, 0.29) is 17.9 Å². The number of hydrogen-bond donors (Lipinski definition) is 0. The predicted molar refractivity (Wildman–Crippen MR) is 116 cm³/mol. The molecule has 0 spiro atoms. The number of ether oxygens (including phenoxy) is 1. The van der Waals surface area contributed by atoms with E-state index in [9.17, 15) is 19.7 Å². The minimum absolute atomic E-state index is 0.128. The zero-order valence-electron chi connectivity index (χ0n) is 17.2. The highest BCUT2D eigenvalue weighted by atomic mass is 16.6. The van der Waals surface area contributed by atoms with Gasteiger partial charge in [0.1, 0.15) is 5.92 Å². The number of carbonyl (C=O) groups excluding carboxylic acids is 2. The lowest BCUT2D eigenvalue weighted by molar-refractivity contribution is -0.385. The number of aromatic nitrogens is 1. The van der Waals surface area contributed by atoms with E-state index in [1.54, 1.807) is 26.0 Å². The van der Waals surface area contributed by atoms with E-state index in [1.165, 1.54) is 16.8 Å². The number of aryl methyl sites for hydroxylation is 1. The maximum atomic E-state index is 13.7. The van der Waals surface area contributed by atoms with Crippen molar-refractivity contribution in [3.63, 3.8) is 0 Å². The van der Waals surface area contributed by atoms with Crippen LogP contribution in [-0.4, -0.2) is 40.7 Å². The maximum Gasteiger partial charge on any atom is 0.320 e. The van der Waals surface area contributed by atoms with Gasteiger partial charge in [0.25, 0.3) is 11.6 Å². The Balaban J connectivity index is 1.97. The standard InChI is InChI=1S/C23H21N3O5/c1-3-31-23(28)18-13-24-11-10-17-16-6-4-5-7-19(16)25(21(17)18)22(27)15-9-8-14(2)20(12-15)26(29)30/h4-9,12-13,18H,3,10-11H2,1-2H3. The third-order valence-corrected chi connectivity index (χ3v) is 5.46. The summed E-state index contributed by atoms with van der Waals surface area (Å²) in [4.78, 5) is 41.6. The van der Waals surface area contributed by atoms with Crippen molar-refractivity contribution in [2.75, 3.05) is 13.2 Å². The highest BCUT2D eigenvalue weighted by Crippen LogP contribution is 2.34. The third kappa shape index (κ3) is 3.50. The maximum absolute atomic E-state index is 13.7. The topological polar surface area (TPSA) is 104 Å². The quantitative estimate of drug-likeness (QED) is 0.363. The van der Waals surface area contributed by atoms with Crippen LogP contribution < -0.4 is 0 Å². The summed E-state index contributed by atoms with van der Waals surface area (Å²) in [5, 5.41) is 12.2. The van der Waals surface area contributed by atoms with Crippen molar-refractivity contribution in [2.24, 2.45) is 4.99 Å². The van der Waals surface area contributed by atoms with Gasteiger partial charge in [-0.2, -0.15) is 0 Å². The van der Waals surface area contributed by atoms with Crippen LogP contribution in [0.5, 0.6) is 0 Å². The fourth-order valence-corrected chi connectivity index (χ4v) is 4.03. The summed E-state index contributed by atoms with van der Waals surface area (Å²) in [6, 6.07) is 11.8. The molecule has 158 valence electrons. The Morgan fingerprint density at radius 3 is 2.77 bits per heavy atom. The van der Waals surface area contributed by atoms with Crippen molar-refractivity contribution in [3.8, 4) is 0 Å². The number of nitro groups is 1. The molecule has 0 N–H and O–H groups in total. The molecule has 1 atom stereocenters. The summed E-state index contributed by atoms with van der Waals surface area (Å²) < 4.78 is 6.74. The molecule has 8 heteroatoms. The van der Waals surface area contributed by atoms with E-state index in [0.717, 1.165) is 10.9 Å². The molecule has 31 heavy (non-hydrogen) atoms. The number of esters is 1. The van der Waals surface area contributed by atoms with Gasteiger partial charge in [-0.25, -0.2) is 0 Å². The Bertz CT molecular complexity index is 1240. The second-order valence-corrected chi connectivity index (χ2v) is 7.31. The van der Waals surface area contributed by atoms with Gasteiger partial charge in [0, 0.05) is 41.0 Å². The molecule has 2 heterocycles. The van der Waals surface area contributed by atoms with Crippen molar-refractivity contribution < 1.29 is 19.2 Å². The zero-order chi connectivity index (χ0) is 22.1. The van der Waals surface area contributed by atoms with Crippen LogP contribution in [0.2, 0.25) is 0 Å². The third-order valence-electron chi connectivity index (χ3n) is 5.46. The number of carbonyl (C=O) groups is 2. The van der Waals surface area contributed by atoms with Gasteiger partial charge < -0.3 is 4.74 Å². The SMILES string of the molecule is CCOC(=O)C1C=NCCc2c1n(C(=O)c1ccc(C)c([N+](=O)[O-])c1)c1ccccc21. The summed E-state index contributed by atoms with van der Waals surface area (Å²) in [6.07, 6.45) is 2.10. The summed E-state index contributed by atoms with van der Waals surface area (Å²) in [5.41, 5.74) is 2.52. The van der Waals surface area contributed by atoms with Gasteiger partial charge in [0.2, 0.25) is 0 Å². The molecule has 0 bridgehead atoms. The average molecular weight is 419 g/mol. The largest absolute Gasteiger partial charge is 0.465 e. The molecule has 8 nitrogen and oxygen atoms in total. The van der Waals surface area contributed by atoms with Gasteiger partial charge in [-0.15, -0.1) is 0 Å². The van der Waals surface area contributed by atoms with E-state index < -0.39 is 22.7 Å². The van der Waals surface area contributed by atoms with Crippen molar-refractivity contribution in [1.82, 2.24) is 4.57 Å². The van der Waals surface area contributed by atoms with Gasteiger partial charge >= 0.3 is 5.97 Å². The number of hydrogen-bond acceptors (Lipinski definition) is 6. The Hall–Kier alpha value is -3.81. The van der Waals surface area contributed by atoms with E-state index in [1.807, 2.05) is 24.3 Å². The first-order valence-electron chi connectivity index (χ1n) is 10.0. The Labute approximate surface area is 178 Å². The van der Waals surface area contributed by atoms with Gasteiger partial charge in [-0.05, 0) is 38.0 Å². The summed E-state index contributed by atoms with van der Waals surface area (Å²) in [7, 11) is 0. The molecular weight excluding hydrogens is 398 g/mol. The van der Waals surface area contributed by atoms with Gasteiger partial charge in [0.15, 0.2) is 0 Å². The van der Waals surface area contributed by atoms with Gasteiger partial charge in [0.05, 0.1) is 17.0 Å². The molecule has 4 rings (SSSR count). The normalized spacial score (nSPS) is 15.4. The van der Waals surface area contributed by atoms with Crippen LogP contribution >= 0.6 is 0 Å². The molecule has 1 aromatic heterocycles. The molecule has 0 fully saturated rings. The number of rotatable bonds is 4. The summed E-state index contributed by atoms with van der Waals surface area (Å²) in [6.45, 7) is 4.04. The molecule has 2 aromatic carbocycles. The molecule has 0 aliphatic carbocycles. The number of para-hydroxylation sites is 1. The van der Waals surface area contributed by atoms with Crippen LogP contribution in [0.1, 0.15) is 40.0 Å². The van der Waals surface area contributed by atoms with Gasteiger partial charge in [-0.1, -0.05) is 24.3 Å². The molecule has 0 amide bonds. The summed E-state index contributed by atoms with van der Waals surface area (Å²) >= 11 is 0. The monoisotopic (exact) mass is 419 g/mol. The first kappa shape index (κ1) is 20.5. The van der Waals surface area contributed by atoms with Crippen molar-refractivity contribution in [2.45, 2.75) is 26.2 Å². The van der Waals surface area contributed by atoms with Crippen molar-refractivity contribution >= 4 is 34.7 Å². The first-order chi connectivity index (χ1) is 14.9. The lowest BCUT2D eigenvalue weighted by atomic mass is 9.99. The van der Waals surface area contributed by atoms with Crippen LogP contribution in [0, 0.1) is 17.0 Å². The van der Waals surface area contributed by atoms with Crippen LogP contribution in [0.3, 0.4) is 0 Å². The average Bonchev–Trinajstić information content (AvgIpc) is 2.91. The van der Waals surface area contributed by atoms with E-state index in [0.29, 0.717) is 29.7 Å². The Morgan fingerprint density at radius 2 is 2.03 bits per heavy atom. The number of benzene rings is 2. The van der Waals surface area contributed by atoms with Crippen LogP contribution in [0.25, 0.3) is 10.9 Å². The zero-order valence-corrected chi connectivity index (χ0v) is 17.2. The van der Waals surface area contributed by atoms with Crippen LogP contribution in [0.4, 0.5) is 5.69 Å². The van der Waals surface area contributed by atoms with Crippen molar-refractivity contribution in [3.05, 3.63) is 75.0 Å². The molecule has 1 aliphatic heterocycles. The molecule has 0 radical (unpaired) electrons. The van der Waals surface area contributed by atoms with E-state index in [2.05, 4.69) is 4.99 Å². The minimum Gasteiger partial charge on any atom is -0.465 e. The molecule has 1 aliphatic rings. The fourth-order valence-electron chi connectivity index (χ4n) is 4.03. The second-order valence-electron chi connectivity index (χ2n) is 7.31. The molecular formula is C23H21N3O5. The predicted octanol–water partition coefficient (Wildman–Crippen LogP) is 3.82. The van der Waals surface area contributed by atoms with E-state index >= 15 is 0 Å². The number of fused-ring (bicyclic) bond motifs is 3. The van der Waals surface area contributed by atoms with Crippen LogP contribution in [-0.2, 0) is 16.0 Å². The second kappa shape index (κ2) is 8.14. The minimum atomic E-state index is -0.839. The highest BCUT2D eigenvalue weighted by Gasteiger charge is 2.33. The highest BCUT2D eigenvalue weighted by molar-refractivity contribution is 6.07. The lowest BCUT2D eigenvalue weighted by Gasteiger charge is -2.16. The molecule has 1 unspecified atom stereocenters.